The number of halogens is 1. The summed E-state index contributed by atoms with van der Waals surface area (Å²) >= 11 is 4.80. The number of carbonyl (C=O) groups excluding carboxylic acids is 1. The van der Waals surface area contributed by atoms with Gasteiger partial charge in [-0.2, -0.15) is 0 Å². The van der Waals surface area contributed by atoms with Crippen LogP contribution in [0.2, 0.25) is 0 Å². The highest BCUT2D eigenvalue weighted by Gasteiger charge is 2.26. The van der Waals surface area contributed by atoms with E-state index in [4.69, 9.17) is 10.7 Å². The van der Waals surface area contributed by atoms with Gasteiger partial charge in [0.1, 0.15) is 9.71 Å². The molecule has 4 aromatic rings. The van der Waals surface area contributed by atoms with Gasteiger partial charge in [0.25, 0.3) is 0 Å². The van der Waals surface area contributed by atoms with Crippen LogP contribution in [0.5, 0.6) is 0 Å². The first kappa shape index (κ1) is 17.5. The molecule has 4 nitrogen and oxygen atoms in total. The van der Waals surface area contributed by atoms with Gasteiger partial charge in [-0.3, -0.25) is 9.78 Å². The summed E-state index contributed by atoms with van der Waals surface area (Å²) in [7, 11) is 0. The highest BCUT2D eigenvalue weighted by atomic mass is 79.9. The van der Waals surface area contributed by atoms with Crippen molar-refractivity contribution in [2.75, 3.05) is 5.73 Å². The van der Waals surface area contributed by atoms with Crippen LogP contribution in [0.25, 0.3) is 21.3 Å². The molecule has 1 aliphatic rings. The zero-order chi connectivity index (χ0) is 19.3. The lowest BCUT2D eigenvalue weighted by Crippen LogP contribution is -2.02. The predicted octanol–water partition coefficient (Wildman–Crippen LogP) is 5.42. The highest BCUT2D eigenvalue weighted by molar-refractivity contribution is 9.10. The predicted molar refractivity (Wildman–Crippen MR) is 117 cm³/mol. The van der Waals surface area contributed by atoms with E-state index in [1.807, 2.05) is 36.4 Å². The Morgan fingerprint density at radius 1 is 1.07 bits per heavy atom. The van der Waals surface area contributed by atoms with E-state index < -0.39 is 0 Å². The highest BCUT2D eigenvalue weighted by Crippen LogP contribution is 2.44. The Morgan fingerprint density at radius 2 is 1.82 bits per heavy atom. The molecule has 0 fully saturated rings. The van der Waals surface area contributed by atoms with Crippen molar-refractivity contribution in [3.05, 3.63) is 75.0 Å². The van der Waals surface area contributed by atoms with Crippen LogP contribution in [0.3, 0.4) is 0 Å². The minimum Gasteiger partial charge on any atom is -0.397 e. The van der Waals surface area contributed by atoms with Gasteiger partial charge >= 0.3 is 0 Å². The van der Waals surface area contributed by atoms with Crippen LogP contribution in [0, 0.1) is 0 Å². The Bertz CT molecular complexity index is 1220. The molecule has 138 valence electrons. The maximum absolute atomic E-state index is 13.1. The number of pyridine rings is 2. The molecule has 3 aromatic heterocycles. The molecule has 0 bridgehead atoms. The topological polar surface area (TPSA) is 68.9 Å². The molecule has 1 aliphatic carbocycles. The van der Waals surface area contributed by atoms with E-state index in [2.05, 4.69) is 20.9 Å². The number of nitrogen functional groups attached to an aromatic ring is 1. The number of aromatic nitrogens is 2. The van der Waals surface area contributed by atoms with Crippen molar-refractivity contribution in [3.63, 3.8) is 0 Å². The van der Waals surface area contributed by atoms with Crippen molar-refractivity contribution in [1.29, 1.82) is 0 Å². The standard InChI is InChI=1S/C22H16BrN3OS/c23-14-6-4-13(5-7-14)20(27)21-19(24)18-17(12-8-10-25-11-9-12)15-2-1-3-16(15)26-22(18)28-21/h4-11H,1-3,24H2. The van der Waals surface area contributed by atoms with Gasteiger partial charge in [0.15, 0.2) is 0 Å². The zero-order valence-electron chi connectivity index (χ0n) is 14.9. The Morgan fingerprint density at radius 3 is 2.57 bits per heavy atom. The quantitative estimate of drug-likeness (QED) is 0.423. The second kappa shape index (κ2) is 6.79. The number of anilines is 1. The van der Waals surface area contributed by atoms with Crippen molar-refractivity contribution in [1.82, 2.24) is 9.97 Å². The number of nitrogens with zero attached hydrogens (tertiary/aromatic N) is 2. The summed E-state index contributed by atoms with van der Waals surface area (Å²) in [5.74, 6) is -0.0613. The number of hydrogen-bond acceptors (Lipinski definition) is 5. The molecule has 0 saturated heterocycles. The van der Waals surface area contributed by atoms with E-state index in [1.54, 1.807) is 12.4 Å². The molecule has 3 heterocycles. The summed E-state index contributed by atoms with van der Waals surface area (Å²) in [5, 5.41) is 0.900. The van der Waals surface area contributed by atoms with Gasteiger partial charge in [-0.15, -0.1) is 11.3 Å². The van der Waals surface area contributed by atoms with E-state index in [0.717, 1.165) is 50.8 Å². The van der Waals surface area contributed by atoms with Gasteiger partial charge in [0, 0.05) is 33.5 Å². The fraction of sp³-hybridized carbons (Fsp3) is 0.136. The number of fused-ring (bicyclic) bond motifs is 2. The van der Waals surface area contributed by atoms with Gasteiger partial charge in [-0.1, -0.05) is 15.9 Å². The first-order valence-electron chi connectivity index (χ1n) is 9.08. The Balaban J connectivity index is 1.76. The molecule has 5 rings (SSSR count). The minimum absolute atomic E-state index is 0.0613. The zero-order valence-corrected chi connectivity index (χ0v) is 17.3. The van der Waals surface area contributed by atoms with Gasteiger partial charge in [0.2, 0.25) is 5.78 Å². The molecule has 2 N–H and O–H groups in total. The molecular formula is C22H16BrN3OS. The fourth-order valence-corrected chi connectivity index (χ4v) is 5.23. The first-order chi connectivity index (χ1) is 13.6. The molecule has 1 aromatic carbocycles. The van der Waals surface area contributed by atoms with Gasteiger partial charge < -0.3 is 5.73 Å². The Kier molecular flexibility index (Phi) is 4.25. The average Bonchev–Trinajstić information content (AvgIpc) is 3.31. The summed E-state index contributed by atoms with van der Waals surface area (Å²) in [6.07, 6.45) is 6.64. The summed E-state index contributed by atoms with van der Waals surface area (Å²) in [4.78, 5) is 23.5. The third-order valence-corrected chi connectivity index (χ3v) is 6.81. The van der Waals surface area contributed by atoms with E-state index in [9.17, 15) is 4.79 Å². The van der Waals surface area contributed by atoms with Gasteiger partial charge in [-0.05, 0) is 72.4 Å². The van der Waals surface area contributed by atoms with E-state index in [-0.39, 0.29) is 5.78 Å². The van der Waals surface area contributed by atoms with Crippen LogP contribution in [0.15, 0.2) is 53.3 Å². The molecule has 0 amide bonds. The first-order valence-corrected chi connectivity index (χ1v) is 10.7. The molecule has 6 heteroatoms. The number of ketones is 1. The lowest BCUT2D eigenvalue weighted by molar-refractivity contribution is 0.104. The van der Waals surface area contributed by atoms with Gasteiger partial charge in [0.05, 0.1) is 5.69 Å². The molecule has 0 atom stereocenters. The van der Waals surface area contributed by atoms with Crippen molar-refractivity contribution in [3.8, 4) is 11.1 Å². The molecular weight excluding hydrogens is 434 g/mol. The lowest BCUT2D eigenvalue weighted by Gasteiger charge is -2.11. The fourth-order valence-electron chi connectivity index (χ4n) is 3.88. The normalized spacial score (nSPS) is 13.0. The molecule has 0 aliphatic heterocycles. The van der Waals surface area contributed by atoms with Crippen LogP contribution >= 0.6 is 27.3 Å². The number of carbonyl (C=O) groups is 1. The van der Waals surface area contributed by atoms with E-state index in [1.165, 1.54) is 16.9 Å². The Hall–Kier alpha value is -2.57. The number of rotatable bonds is 3. The average molecular weight is 450 g/mol. The lowest BCUT2D eigenvalue weighted by atomic mass is 9.96. The maximum atomic E-state index is 13.1. The van der Waals surface area contributed by atoms with E-state index in [0.29, 0.717) is 16.1 Å². The molecule has 0 radical (unpaired) electrons. The molecule has 28 heavy (non-hydrogen) atoms. The smallest absolute Gasteiger partial charge is 0.205 e. The van der Waals surface area contributed by atoms with Crippen molar-refractivity contribution in [2.24, 2.45) is 0 Å². The molecule has 0 saturated carbocycles. The summed E-state index contributed by atoms with van der Waals surface area (Å²) in [6, 6.07) is 11.4. The molecule has 0 unspecified atom stereocenters. The number of hydrogen-bond donors (Lipinski definition) is 1. The number of nitrogens with two attached hydrogens (primary N) is 1. The van der Waals surface area contributed by atoms with Crippen molar-refractivity contribution in [2.45, 2.75) is 19.3 Å². The van der Waals surface area contributed by atoms with Crippen LogP contribution in [-0.2, 0) is 12.8 Å². The van der Waals surface area contributed by atoms with Crippen LogP contribution in [0.1, 0.15) is 32.9 Å². The van der Waals surface area contributed by atoms with Crippen LogP contribution < -0.4 is 5.73 Å². The number of thiophene rings is 1. The van der Waals surface area contributed by atoms with Crippen molar-refractivity contribution < 1.29 is 4.79 Å². The maximum Gasteiger partial charge on any atom is 0.205 e. The van der Waals surface area contributed by atoms with Crippen LogP contribution in [0.4, 0.5) is 5.69 Å². The summed E-state index contributed by atoms with van der Waals surface area (Å²) in [6.45, 7) is 0. The summed E-state index contributed by atoms with van der Waals surface area (Å²) < 4.78 is 0.937. The minimum atomic E-state index is -0.0613. The molecule has 0 spiro atoms. The van der Waals surface area contributed by atoms with E-state index >= 15 is 0 Å². The SMILES string of the molecule is Nc1c(C(=O)c2ccc(Br)cc2)sc2nc3c(c(-c4ccncc4)c12)CCC3. The largest absolute Gasteiger partial charge is 0.397 e. The van der Waals surface area contributed by atoms with Gasteiger partial charge in [-0.25, -0.2) is 4.98 Å². The van der Waals surface area contributed by atoms with Crippen molar-refractivity contribution >= 4 is 49.0 Å². The Labute approximate surface area is 174 Å². The monoisotopic (exact) mass is 449 g/mol. The second-order valence-electron chi connectivity index (χ2n) is 6.86. The van der Waals surface area contributed by atoms with Crippen LogP contribution in [-0.4, -0.2) is 15.8 Å². The number of benzene rings is 1. The third-order valence-electron chi connectivity index (χ3n) is 5.19. The second-order valence-corrected chi connectivity index (χ2v) is 8.78. The summed E-state index contributed by atoms with van der Waals surface area (Å²) in [5.41, 5.74) is 12.3. The third kappa shape index (κ3) is 2.75. The number of aryl methyl sites for hydroxylation is 1.